The standard InChI is InChI=1S/C13H17N3O3S/c1-11-3-5-13(6-4-11)19-8-7-16-9-12(14-15-16)10-20(2,17)18/h3-6,9H,7-8,10H2,1-2H3. The Kier molecular flexibility index (Phi) is 4.39. The summed E-state index contributed by atoms with van der Waals surface area (Å²) in [4.78, 5) is 0. The Hall–Kier alpha value is -1.89. The number of ether oxygens (including phenoxy) is 1. The second-order valence-corrected chi connectivity index (χ2v) is 6.84. The maximum absolute atomic E-state index is 11.1. The van der Waals surface area contributed by atoms with Gasteiger partial charge in [-0.1, -0.05) is 22.9 Å². The third-order valence-corrected chi connectivity index (χ3v) is 3.43. The molecule has 0 bridgehead atoms. The molecule has 1 aromatic heterocycles. The SMILES string of the molecule is Cc1ccc(OCCn2cc(CS(C)(=O)=O)nn2)cc1. The minimum Gasteiger partial charge on any atom is -0.492 e. The Bertz CT molecular complexity index is 662. The summed E-state index contributed by atoms with van der Waals surface area (Å²) in [6.45, 7) is 2.98. The normalized spacial score (nSPS) is 11.5. The van der Waals surface area contributed by atoms with Gasteiger partial charge in [-0.05, 0) is 19.1 Å². The van der Waals surface area contributed by atoms with Crippen LogP contribution in [-0.2, 0) is 22.1 Å². The van der Waals surface area contributed by atoms with Crippen molar-refractivity contribution in [2.45, 2.75) is 19.2 Å². The monoisotopic (exact) mass is 295 g/mol. The summed E-state index contributed by atoms with van der Waals surface area (Å²) >= 11 is 0. The van der Waals surface area contributed by atoms with Gasteiger partial charge in [-0.2, -0.15) is 0 Å². The molecule has 0 saturated heterocycles. The van der Waals surface area contributed by atoms with Crippen LogP contribution in [0.25, 0.3) is 0 Å². The molecule has 0 amide bonds. The molecule has 0 radical (unpaired) electrons. The van der Waals surface area contributed by atoms with Gasteiger partial charge < -0.3 is 4.74 Å². The number of hydrogen-bond donors (Lipinski definition) is 0. The van der Waals surface area contributed by atoms with E-state index in [2.05, 4.69) is 10.3 Å². The van der Waals surface area contributed by atoms with Gasteiger partial charge in [0.1, 0.15) is 12.4 Å². The Morgan fingerprint density at radius 3 is 2.60 bits per heavy atom. The zero-order chi connectivity index (χ0) is 14.6. The van der Waals surface area contributed by atoms with Crippen LogP contribution in [-0.4, -0.2) is 36.3 Å². The number of nitrogens with zero attached hydrogens (tertiary/aromatic N) is 3. The van der Waals surface area contributed by atoms with Crippen LogP contribution in [0.15, 0.2) is 30.5 Å². The van der Waals surface area contributed by atoms with Crippen molar-refractivity contribution in [2.24, 2.45) is 0 Å². The Morgan fingerprint density at radius 2 is 1.95 bits per heavy atom. The Labute approximate surface area is 118 Å². The Morgan fingerprint density at radius 1 is 1.25 bits per heavy atom. The molecule has 1 heterocycles. The van der Waals surface area contributed by atoms with E-state index in [4.69, 9.17) is 4.74 Å². The fourth-order valence-electron chi connectivity index (χ4n) is 1.67. The number of aromatic nitrogens is 3. The molecular formula is C13H17N3O3S. The minimum absolute atomic E-state index is 0.0914. The van der Waals surface area contributed by atoms with Gasteiger partial charge in [0.15, 0.2) is 9.84 Å². The predicted octanol–water partition coefficient (Wildman–Crippen LogP) is 1.21. The zero-order valence-electron chi connectivity index (χ0n) is 11.5. The van der Waals surface area contributed by atoms with Gasteiger partial charge in [-0.3, -0.25) is 0 Å². The number of benzene rings is 1. The van der Waals surface area contributed by atoms with Gasteiger partial charge in [0.05, 0.1) is 18.0 Å². The van der Waals surface area contributed by atoms with E-state index >= 15 is 0 Å². The second kappa shape index (κ2) is 6.04. The molecular weight excluding hydrogens is 278 g/mol. The lowest BCUT2D eigenvalue weighted by atomic mass is 10.2. The molecule has 20 heavy (non-hydrogen) atoms. The highest BCUT2D eigenvalue weighted by atomic mass is 32.2. The molecule has 2 aromatic rings. The summed E-state index contributed by atoms with van der Waals surface area (Å²) in [6, 6.07) is 7.78. The maximum atomic E-state index is 11.1. The van der Waals surface area contributed by atoms with Crippen molar-refractivity contribution in [3.63, 3.8) is 0 Å². The summed E-state index contributed by atoms with van der Waals surface area (Å²) in [6.07, 6.45) is 2.80. The number of aryl methyl sites for hydroxylation is 1. The third kappa shape index (κ3) is 4.65. The Balaban J connectivity index is 1.84. The molecule has 0 unspecified atom stereocenters. The molecule has 2 rings (SSSR count). The lowest BCUT2D eigenvalue weighted by Gasteiger charge is -2.05. The maximum Gasteiger partial charge on any atom is 0.153 e. The predicted molar refractivity (Wildman–Crippen MR) is 75.2 cm³/mol. The molecule has 0 atom stereocenters. The molecule has 108 valence electrons. The summed E-state index contributed by atoms with van der Waals surface area (Å²) in [5.41, 5.74) is 1.63. The number of hydrogen-bond acceptors (Lipinski definition) is 5. The quantitative estimate of drug-likeness (QED) is 0.801. The van der Waals surface area contributed by atoms with Crippen LogP contribution in [0.3, 0.4) is 0 Å². The summed E-state index contributed by atoms with van der Waals surface area (Å²) in [5, 5.41) is 7.68. The molecule has 0 aliphatic rings. The van der Waals surface area contributed by atoms with E-state index < -0.39 is 9.84 Å². The van der Waals surface area contributed by atoms with E-state index in [0.29, 0.717) is 18.8 Å². The van der Waals surface area contributed by atoms with Gasteiger partial charge in [-0.15, -0.1) is 5.10 Å². The van der Waals surface area contributed by atoms with Crippen LogP contribution in [0.2, 0.25) is 0 Å². The van der Waals surface area contributed by atoms with E-state index in [9.17, 15) is 8.42 Å². The first kappa shape index (κ1) is 14.5. The third-order valence-electron chi connectivity index (χ3n) is 2.61. The lowest BCUT2D eigenvalue weighted by Crippen LogP contribution is -2.08. The second-order valence-electron chi connectivity index (χ2n) is 4.70. The molecule has 0 spiro atoms. The topological polar surface area (TPSA) is 74.1 Å². The van der Waals surface area contributed by atoms with Crippen molar-refractivity contribution in [3.05, 3.63) is 41.7 Å². The summed E-state index contributed by atoms with van der Waals surface area (Å²) in [5.74, 6) is 0.707. The lowest BCUT2D eigenvalue weighted by molar-refractivity contribution is 0.289. The van der Waals surface area contributed by atoms with Crippen LogP contribution >= 0.6 is 0 Å². The first-order valence-corrected chi connectivity index (χ1v) is 8.25. The zero-order valence-corrected chi connectivity index (χ0v) is 12.3. The highest BCUT2D eigenvalue weighted by molar-refractivity contribution is 7.89. The fraction of sp³-hybridized carbons (Fsp3) is 0.385. The van der Waals surface area contributed by atoms with E-state index in [1.54, 1.807) is 10.9 Å². The van der Waals surface area contributed by atoms with Gasteiger partial charge in [0.25, 0.3) is 0 Å². The molecule has 7 heteroatoms. The molecule has 6 nitrogen and oxygen atoms in total. The molecule has 0 aliphatic carbocycles. The summed E-state index contributed by atoms with van der Waals surface area (Å²) < 4.78 is 29.4. The highest BCUT2D eigenvalue weighted by Gasteiger charge is 2.08. The average molecular weight is 295 g/mol. The van der Waals surface area contributed by atoms with Crippen LogP contribution in [0.4, 0.5) is 0 Å². The van der Waals surface area contributed by atoms with Crippen LogP contribution in [0.1, 0.15) is 11.3 Å². The van der Waals surface area contributed by atoms with Crippen molar-refractivity contribution in [2.75, 3.05) is 12.9 Å². The highest BCUT2D eigenvalue weighted by Crippen LogP contribution is 2.11. The van der Waals surface area contributed by atoms with Crippen LogP contribution in [0.5, 0.6) is 5.75 Å². The van der Waals surface area contributed by atoms with Crippen molar-refractivity contribution in [1.29, 1.82) is 0 Å². The van der Waals surface area contributed by atoms with Gasteiger partial charge >= 0.3 is 0 Å². The largest absolute Gasteiger partial charge is 0.492 e. The average Bonchev–Trinajstić information content (AvgIpc) is 2.77. The van der Waals surface area contributed by atoms with Gasteiger partial charge in [0.2, 0.25) is 0 Å². The van der Waals surface area contributed by atoms with Crippen molar-refractivity contribution in [3.8, 4) is 5.75 Å². The van der Waals surface area contributed by atoms with E-state index in [0.717, 1.165) is 5.75 Å². The van der Waals surface area contributed by atoms with Crippen LogP contribution < -0.4 is 4.74 Å². The number of rotatable bonds is 6. The van der Waals surface area contributed by atoms with E-state index in [1.807, 2.05) is 31.2 Å². The van der Waals surface area contributed by atoms with Gasteiger partial charge in [0, 0.05) is 12.5 Å². The first-order chi connectivity index (χ1) is 9.42. The molecule has 0 aliphatic heterocycles. The molecule has 0 saturated carbocycles. The first-order valence-electron chi connectivity index (χ1n) is 6.18. The fourth-order valence-corrected chi connectivity index (χ4v) is 2.34. The van der Waals surface area contributed by atoms with E-state index in [1.165, 1.54) is 11.8 Å². The minimum atomic E-state index is -3.08. The molecule has 0 fully saturated rings. The van der Waals surface area contributed by atoms with E-state index in [-0.39, 0.29) is 5.75 Å². The van der Waals surface area contributed by atoms with Crippen molar-refractivity contribution < 1.29 is 13.2 Å². The summed E-state index contributed by atoms with van der Waals surface area (Å²) in [7, 11) is -3.08. The van der Waals surface area contributed by atoms with Crippen LogP contribution in [0, 0.1) is 6.92 Å². The smallest absolute Gasteiger partial charge is 0.153 e. The molecule has 0 N–H and O–H groups in total. The van der Waals surface area contributed by atoms with Crippen molar-refractivity contribution in [1.82, 2.24) is 15.0 Å². The van der Waals surface area contributed by atoms with Gasteiger partial charge in [-0.25, -0.2) is 13.1 Å². The number of sulfone groups is 1. The van der Waals surface area contributed by atoms with Crippen molar-refractivity contribution >= 4 is 9.84 Å². The molecule has 1 aromatic carbocycles.